The Balaban J connectivity index is 2.16. The SMILES string of the molecule is CCC(c1ccccc1)(c1c(C)ncnc1C)C1CN(S(C)(=O)=O)C1. The average Bonchev–Trinajstić information content (AvgIpc) is 2.51. The maximum atomic E-state index is 11.9. The largest absolute Gasteiger partial charge is 0.241 e. The number of aromatic nitrogens is 2. The second-order valence-corrected chi connectivity index (χ2v) is 8.87. The van der Waals surface area contributed by atoms with Crippen molar-refractivity contribution >= 4 is 10.0 Å². The van der Waals surface area contributed by atoms with Gasteiger partial charge in [-0.15, -0.1) is 0 Å². The Bertz CT molecular complexity index is 841. The highest BCUT2D eigenvalue weighted by Crippen LogP contribution is 2.48. The summed E-state index contributed by atoms with van der Waals surface area (Å²) >= 11 is 0. The molecule has 2 heterocycles. The van der Waals surface area contributed by atoms with Gasteiger partial charge in [-0.3, -0.25) is 0 Å². The molecule has 25 heavy (non-hydrogen) atoms. The molecular weight excluding hydrogens is 334 g/mol. The number of hydrogen-bond donors (Lipinski definition) is 0. The van der Waals surface area contributed by atoms with Gasteiger partial charge in [-0.2, -0.15) is 0 Å². The third-order valence-corrected chi connectivity index (χ3v) is 6.77. The maximum Gasteiger partial charge on any atom is 0.211 e. The van der Waals surface area contributed by atoms with Crippen molar-refractivity contribution in [1.29, 1.82) is 0 Å². The molecule has 1 aliphatic rings. The van der Waals surface area contributed by atoms with Crippen LogP contribution in [-0.4, -0.2) is 42.0 Å². The summed E-state index contributed by atoms with van der Waals surface area (Å²) < 4.78 is 25.3. The van der Waals surface area contributed by atoms with Crippen LogP contribution in [0.2, 0.25) is 0 Å². The van der Waals surface area contributed by atoms with E-state index < -0.39 is 10.0 Å². The minimum absolute atomic E-state index is 0.207. The Kier molecular flexibility index (Phi) is 4.68. The lowest BCUT2D eigenvalue weighted by Gasteiger charge is -2.50. The van der Waals surface area contributed by atoms with Gasteiger partial charge < -0.3 is 0 Å². The molecule has 1 aromatic carbocycles. The zero-order chi connectivity index (χ0) is 18.2. The molecule has 1 fully saturated rings. The van der Waals surface area contributed by atoms with E-state index in [1.807, 2.05) is 32.0 Å². The average molecular weight is 359 g/mol. The van der Waals surface area contributed by atoms with Gasteiger partial charge in [0.15, 0.2) is 0 Å². The van der Waals surface area contributed by atoms with Gasteiger partial charge in [0.25, 0.3) is 0 Å². The van der Waals surface area contributed by atoms with Crippen LogP contribution in [0.4, 0.5) is 0 Å². The van der Waals surface area contributed by atoms with Gasteiger partial charge in [0, 0.05) is 41.4 Å². The van der Waals surface area contributed by atoms with Gasteiger partial charge in [-0.25, -0.2) is 22.7 Å². The van der Waals surface area contributed by atoms with Crippen LogP contribution in [0.3, 0.4) is 0 Å². The molecule has 1 saturated heterocycles. The van der Waals surface area contributed by atoms with Crippen molar-refractivity contribution in [3.05, 3.63) is 59.2 Å². The van der Waals surface area contributed by atoms with Gasteiger partial charge in [0.1, 0.15) is 6.33 Å². The van der Waals surface area contributed by atoms with Crippen molar-refractivity contribution in [2.75, 3.05) is 19.3 Å². The summed E-state index contributed by atoms with van der Waals surface area (Å²) in [5.74, 6) is 0.207. The molecule has 0 radical (unpaired) electrons. The Morgan fingerprint density at radius 1 is 1.12 bits per heavy atom. The van der Waals surface area contributed by atoms with Crippen LogP contribution in [-0.2, 0) is 15.4 Å². The molecule has 134 valence electrons. The summed E-state index contributed by atoms with van der Waals surface area (Å²) in [5, 5.41) is 0. The van der Waals surface area contributed by atoms with Gasteiger partial charge in [0.2, 0.25) is 10.0 Å². The molecule has 3 rings (SSSR count). The third kappa shape index (κ3) is 2.98. The summed E-state index contributed by atoms with van der Waals surface area (Å²) in [6.45, 7) is 7.28. The van der Waals surface area contributed by atoms with Crippen LogP contribution in [0.15, 0.2) is 36.7 Å². The number of sulfonamides is 1. The van der Waals surface area contributed by atoms with Crippen LogP contribution in [0.1, 0.15) is 35.9 Å². The monoisotopic (exact) mass is 359 g/mol. The van der Waals surface area contributed by atoms with E-state index in [1.54, 1.807) is 10.6 Å². The highest BCUT2D eigenvalue weighted by molar-refractivity contribution is 7.88. The first-order chi connectivity index (χ1) is 11.8. The van der Waals surface area contributed by atoms with E-state index in [2.05, 4.69) is 29.0 Å². The molecule has 6 heteroatoms. The maximum absolute atomic E-state index is 11.9. The topological polar surface area (TPSA) is 63.2 Å². The van der Waals surface area contributed by atoms with Crippen molar-refractivity contribution < 1.29 is 8.42 Å². The predicted molar refractivity (Wildman–Crippen MR) is 98.9 cm³/mol. The zero-order valence-electron chi connectivity index (χ0n) is 15.2. The van der Waals surface area contributed by atoms with E-state index in [4.69, 9.17) is 0 Å². The lowest BCUT2D eigenvalue weighted by molar-refractivity contribution is 0.124. The highest BCUT2D eigenvalue weighted by Gasteiger charge is 2.50. The molecule has 0 saturated carbocycles. The molecular formula is C19H25N3O2S. The highest BCUT2D eigenvalue weighted by atomic mass is 32.2. The first kappa shape index (κ1) is 18.0. The van der Waals surface area contributed by atoms with Gasteiger partial charge in [0.05, 0.1) is 6.26 Å². The first-order valence-corrected chi connectivity index (χ1v) is 10.4. The van der Waals surface area contributed by atoms with E-state index in [-0.39, 0.29) is 11.3 Å². The third-order valence-electron chi connectivity index (χ3n) is 5.53. The number of aryl methyl sites for hydroxylation is 2. The second kappa shape index (κ2) is 6.50. The van der Waals surface area contributed by atoms with E-state index in [1.165, 1.54) is 11.8 Å². The van der Waals surface area contributed by atoms with Crippen molar-refractivity contribution in [2.24, 2.45) is 5.92 Å². The predicted octanol–water partition coefficient (Wildman–Crippen LogP) is 2.68. The molecule has 1 unspecified atom stereocenters. The second-order valence-electron chi connectivity index (χ2n) is 6.89. The Labute approximate surface area is 150 Å². The van der Waals surface area contributed by atoms with Crippen molar-refractivity contribution in [3.63, 3.8) is 0 Å². The van der Waals surface area contributed by atoms with Crippen molar-refractivity contribution in [3.8, 4) is 0 Å². The molecule has 0 spiro atoms. The van der Waals surface area contributed by atoms with Gasteiger partial charge in [-0.05, 0) is 25.8 Å². The fraction of sp³-hybridized carbons (Fsp3) is 0.474. The van der Waals surface area contributed by atoms with Gasteiger partial charge >= 0.3 is 0 Å². The molecule has 0 aliphatic carbocycles. The van der Waals surface area contributed by atoms with Crippen LogP contribution in [0.25, 0.3) is 0 Å². The molecule has 1 aliphatic heterocycles. The fourth-order valence-electron chi connectivity index (χ4n) is 4.25. The van der Waals surface area contributed by atoms with E-state index >= 15 is 0 Å². The summed E-state index contributed by atoms with van der Waals surface area (Å²) in [6, 6.07) is 10.4. The minimum atomic E-state index is -3.15. The van der Waals surface area contributed by atoms with Crippen LogP contribution in [0.5, 0.6) is 0 Å². The smallest absolute Gasteiger partial charge is 0.211 e. The van der Waals surface area contributed by atoms with Gasteiger partial charge in [-0.1, -0.05) is 37.3 Å². The van der Waals surface area contributed by atoms with Crippen LogP contribution < -0.4 is 0 Å². The Hall–Kier alpha value is -1.79. The minimum Gasteiger partial charge on any atom is -0.241 e. The van der Waals surface area contributed by atoms with E-state index in [0.29, 0.717) is 13.1 Å². The first-order valence-electron chi connectivity index (χ1n) is 8.60. The Morgan fingerprint density at radius 3 is 2.16 bits per heavy atom. The Morgan fingerprint density at radius 2 is 1.68 bits per heavy atom. The fourth-order valence-corrected chi connectivity index (χ4v) is 5.15. The molecule has 1 atom stereocenters. The summed E-state index contributed by atoms with van der Waals surface area (Å²) in [5.41, 5.74) is 4.00. The van der Waals surface area contributed by atoms with E-state index in [9.17, 15) is 8.42 Å². The molecule has 2 aromatic rings. The zero-order valence-corrected chi connectivity index (χ0v) is 16.0. The number of hydrogen-bond acceptors (Lipinski definition) is 4. The summed E-state index contributed by atoms with van der Waals surface area (Å²) in [6.07, 6.45) is 3.75. The molecule has 0 bridgehead atoms. The quantitative estimate of drug-likeness (QED) is 0.823. The lowest BCUT2D eigenvalue weighted by Crippen LogP contribution is -2.58. The summed E-state index contributed by atoms with van der Waals surface area (Å²) in [4.78, 5) is 8.89. The summed E-state index contributed by atoms with van der Waals surface area (Å²) in [7, 11) is -3.15. The number of rotatable bonds is 5. The van der Waals surface area contributed by atoms with Crippen LogP contribution in [0, 0.1) is 19.8 Å². The molecule has 5 nitrogen and oxygen atoms in total. The standard InChI is InChI=1S/C19H25N3O2S/c1-5-19(16-9-7-6-8-10-16,17-11-22(12-17)25(4,23)24)18-14(2)20-13-21-15(18)3/h6-10,13,17H,5,11-12H2,1-4H3. The molecule has 0 amide bonds. The van der Waals surface area contributed by atoms with Crippen molar-refractivity contribution in [2.45, 2.75) is 32.6 Å². The normalized spacial score (nSPS) is 18.6. The molecule has 0 N–H and O–H groups in total. The lowest BCUT2D eigenvalue weighted by atomic mass is 9.61. The number of benzene rings is 1. The van der Waals surface area contributed by atoms with E-state index in [0.717, 1.165) is 23.4 Å². The van der Waals surface area contributed by atoms with Crippen LogP contribution >= 0.6 is 0 Å². The van der Waals surface area contributed by atoms with Crippen molar-refractivity contribution in [1.82, 2.24) is 14.3 Å². The number of nitrogens with zero attached hydrogens (tertiary/aromatic N) is 3. The molecule has 1 aromatic heterocycles.